The molecule has 0 fully saturated rings. The van der Waals surface area contributed by atoms with Crippen molar-refractivity contribution in [1.82, 2.24) is 0 Å². The average Bonchev–Trinajstić information content (AvgIpc) is 2.62. The summed E-state index contributed by atoms with van der Waals surface area (Å²) in [6.45, 7) is 11.6. The van der Waals surface area contributed by atoms with Gasteiger partial charge in [0.05, 0.1) is 0 Å². The van der Waals surface area contributed by atoms with Gasteiger partial charge < -0.3 is 0 Å². The van der Waals surface area contributed by atoms with E-state index in [9.17, 15) is 0 Å². The van der Waals surface area contributed by atoms with Crippen LogP contribution in [0.15, 0.2) is 17.7 Å². The van der Waals surface area contributed by atoms with Crippen LogP contribution in [0.25, 0.3) is 6.08 Å². The van der Waals surface area contributed by atoms with Gasteiger partial charge in [-0.1, -0.05) is 0 Å². The van der Waals surface area contributed by atoms with Crippen LogP contribution in [0.3, 0.4) is 0 Å². The Morgan fingerprint density at radius 2 is 1.72 bits per heavy atom. The Morgan fingerprint density at radius 3 is 2.22 bits per heavy atom. The number of rotatable bonds is 3. The van der Waals surface area contributed by atoms with E-state index >= 15 is 0 Å². The third-order valence-corrected chi connectivity index (χ3v) is 7.28. The second kappa shape index (κ2) is 5.45. The third-order valence-electron chi connectivity index (χ3n) is 3.98. The molecule has 18 heavy (non-hydrogen) atoms. The van der Waals surface area contributed by atoms with Crippen LogP contribution >= 0.6 is 0 Å². The van der Waals surface area contributed by atoms with Crippen LogP contribution in [0, 0.1) is 0 Å². The zero-order valence-electron chi connectivity index (χ0n) is 12.5. The van der Waals surface area contributed by atoms with Gasteiger partial charge in [0.15, 0.2) is 0 Å². The van der Waals surface area contributed by atoms with E-state index in [1.165, 1.54) is 5.56 Å². The van der Waals surface area contributed by atoms with Gasteiger partial charge in [-0.05, 0) is 0 Å². The molecule has 1 heteroatoms. The number of benzene rings is 1. The molecular formula is C17H24Zr. The van der Waals surface area contributed by atoms with Crippen LogP contribution in [-0.4, -0.2) is 0 Å². The Morgan fingerprint density at radius 1 is 1.06 bits per heavy atom. The SMILES string of the molecule is [CH3][Zr][CH]1C(C)=Cc2c(C(C)C)cc(C(C)C)cc21. The van der Waals surface area contributed by atoms with Gasteiger partial charge in [-0.15, -0.1) is 0 Å². The summed E-state index contributed by atoms with van der Waals surface area (Å²) in [6.07, 6.45) is 2.46. The van der Waals surface area contributed by atoms with E-state index in [-0.39, 0.29) is 23.2 Å². The molecule has 96 valence electrons. The summed E-state index contributed by atoms with van der Waals surface area (Å²) in [7, 11) is 0. The zero-order valence-corrected chi connectivity index (χ0v) is 14.9. The molecule has 1 aliphatic rings. The summed E-state index contributed by atoms with van der Waals surface area (Å²) in [4.78, 5) is 0. The maximum absolute atomic E-state index is 2.49. The first-order valence-corrected chi connectivity index (χ1v) is 10.9. The fourth-order valence-electron chi connectivity index (χ4n) is 2.88. The molecule has 1 aromatic carbocycles. The Kier molecular flexibility index (Phi) is 4.32. The van der Waals surface area contributed by atoms with Crippen molar-refractivity contribution in [2.75, 3.05) is 0 Å². The van der Waals surface area contributed by atoms with Crippen LogP contribution < -0.4 is 0 Å². The van der Waals surface area contributed by atoms with Crippen molar-refractivity contribution in [3.8, 4) is 0 Å². The molecule has 1 atom stereocenters. The van der Waals surface area contributed by atoms with E-state index in [1.807, 2.05) is 0 Å². The van der Waals surface area contributed by atoms with E-state index in [0.29, 0.717) is 11.8 Å². The van der Waals surface area contributed by atoms with Gasteiger partial charge in [-0.3, -0.25) is 0 Å². The normalized spacial score (nSPS) is 18.2. The van der Waals surface area contributed by atoms with E-state index < -0.39 is 0 Å². The van der Waals surface area contributed by atoms with Crippen molar-refractivity contribution in [3.63, 3.8) is 0 Å². The molecule has 0 saturated carbocycles. The minimum atomic E-state index is -0.291. The summed E-state index contributed by atoms with van der Waals surface area (Å²) in [5.41, 5.74) is 7.90. The molecular weight excluding hydrogens is 295 g/mol. The van der Waals surface area contributed by atoms with Crippen molar-refractivity contribution in [1.29, 1.82) is 0 Å². The number of allylic oxidation sites excluding steroid dienone is 1. The van der Waals surface area contributed by atoms with E-state index in [4.69, 9.17) is 0 Å². The standard InChI is InChI=1S/C16H21.CH3.Zr/c1-10(2)13-8-14-6-12(5)7-16(14)15(9-13)11(3)4;;/h6-11H,1-5H3;1H3;. The van der Waals surface area contributed by atoms with Crippen LogP contribution in [0.1, 0.15) is 72.3 Å². The second-order valence-electron chi connectivity index (χ2n) is 6.03. The first kappa shape index (κ1) is 14.3. The average molecular weight is 320 g/mol. The predicted molar refractivity (Wildman–Crippen MR) is 76.9 cm³/mol. The summed E-state index contributed by atoms with van der Waals surface area (Å²) in [5, 5.41) is 0. The third kappa shape index (κ3) is 2.44. The van der Waals surface area contributed by atoms with Crippen molar-refractivity contribution in [3.05, 3.63) is 40.0 Å². The summed E-state index contributed by atoms with van der Waals surface area (Å²) in [6, 6.07) is 4.94. The van der Waals surface area contributed by atoms with Gasteiger partial charge >= 0.3 is 124 Å². The van der Waals surface area contributed by atoms with Gasteiger partial charge in [0.2, 0.25) is 0 Å². The Hall–Kier alpha value is -0.157. The molecule has 0 saturated heterocycles. The van der Waals surface area contributed by atoms with Crippen molar-refractivity contribution in [2.45, 2.75) is 54.7 Å². The zero-order chi connectivity index (χ0) is 13.4. The van der Waals surface area contributed by atoms with E-state index in [1.54, 1.807) is 22.3 Å². The molecule has 0 bridgehead atoms. The maximum atomic E-state index is 2.49. The Balaban J connectivity index is 2.62. The van der Waals surface area contributed by atoms with Crippen LogP contribution in [0.2, 0.25) is 4.63 Å². The number of hydrogen-bond acceptors (Lipinski definition) is 0. The molecule has 0 heterocycles. The molecule has 0 amide bonds. The second-order valence-corrected chi connectivity index (χ2v) is 8.87. The van der Waals surface area contributed by atoms with Gasteiger partial charge in [0.25, 0.3) is 0 Å². The Labute approximate surface area is 123 Å². The molecule has 1 unspecified atom stereocenters. The first-order chi connectivity index (χ1) is 8.45. The molecule has 0 nitrogen and oxygen atoms in total. The van der Waals surface area contributed by atoms with Crippen molar-refractivity contribution < 1.29 is 23.2 Å². The molecule has 0 aromatic heterocycles. The fraction of sp³-hybridized carbons (Fsp3) is 0.529. The van der Waals surface area contributed by atoms with Gasteiger partial charge in [-0.2, -0.15) is 0 Å². The molecule has 2 rings (SSSR count). The molecule has 1 aliphatic carbocycles. The monoisotopic (exact) mass is 318 g/mol. The van der Waals surface area contributed by atoms with Crippen molar-refractivity contribution in [2.24, 2.45) is 0 Å². The number of fused-ring (bicyclic) bond motifs is 1. The first-order valence-electron chi connectivity index (χ1n) is 6.98. The van der Waals surface area contributed by atoms with Gasteiger partial charge in [0.1, 0.15) is 0 Å². The van der Waals surface area contributed by atoms with Gasteiger partial charge in [-0.25, -0.2) is 0 Å². The van der Waals surface area contributed by atoms with Crippen molar-refractivity contribution >= 4 is 6.08 Å². The number of hydrogen-bond donors (Lipinski definition) is 0. The summed E-state index contributed by atoms with van der Waals surface area (Å²) < 4.78 is 3.29. The van der Waals surface area contributed by atoms with Crippen LogP contribution in [-0.2, 0) is 23.2 Å². The fourth-order valence-corrected chi connectivity index (χ4v) is 5.55. The molecule has 0 radical (unpaired) electrons. The topological polar surface area (TPSA) is 0 Å². The quantitative estimate of drug-likeness (QED) is 0.688. The summed E-state index contributed by atoms with van der Waals surface area (Å²) in [5.74, 6) is 1.26. The molecule has 0 aliphatic heterocycles. The van der Waals surface area contributed by atoms with Gasteiger partial charge in [0, 0.05) is 0 Å². The minimum absolute atomic E-state index is 0.291. The summed E-state index contributed by atoms with van der Waals surface area (Å²) >= 11 is -0.291. The molecule has 0 spiro atoms. The van der Waals surface area contributed by atoms with E-state index in [2.05, 4.69) is 57.5 Å². The predicted octanol–water partition coefficient (Wildman–Crippen LogP) is 5.52. The molecule has 1 aromatic rings. The van der Waals surface area contributed by atoms with Crippen LogP contribution in [0.5, 0.6) is 0 Å². The molecule has 0 N–H and O–H groups in total. The van der Waals surface area contributed by atoms with Crippen LogP contribution in [0.4, 0.5) is 0 Å². The Bertz CT molecular complexity index is 481. The van der Waals surface area contributed by atoms with E-state index in [0.717, 1.165) is 3.63 Å².